The number of rotatable bonds is 3. The van der Waals surface area contributed by atoms with Crippen LogP contribution >= 0.6 is 0 Å². The lowest BCUT2D eigenvalue weighted by Crippen LogP contribution is -2.47. The van der Waals surface area contributed by atoms with Crippen molar-refractivity contribution in [1.29, 1.82) is 0 Å². The molecule has 9 heteroatoms. The number of aromatic amines is 2. The van der Waals surface area contributed by atoms with Crippen molar-refractivity contribution in [2.45, 2.75) is 23.8 Å². The molecule has 1 aliphatic rings. The van der Waals surface area contributed by atoms with E-state index in [4.69, 9.17) is 0 Å². The number of benzene rings is 1. The van der Waals surface area contributed by atoms with Gasteiger partial charge in [-0.1, -0.05) is 0 Å². The molecule has 1 saturated heterocycles. The van der Waals surface area contributed by atoms with Crippen LogP contribution in [0.5, 0.6) is 0 Å². The summed E-state index contributed by atoms with van der Waals surface area (Å²) in [5, 5.41) is 0. The molecular formula is C15H20N4O4S. The number of nitrogens with one attached hydrogen (secondary N) is 2. The van der Waals surface area contributed by atoms with Crippen molar-refractivity contribution >= 4 is 21.1 Å². The van der Waals surface area contributed by atoms with Gasteiger partial charge in [-0.05, 0) is 44.6 Å². The standard InChI is InChI=1S/C15H20N4O4S/c1-18-7-3-4-10(9-18)19(2)24(22,23)11-5-6-12-13(8-11)17-15(21)14(20)16-12/h5-6,8,10H,3-4,7,9H2,1-2H3,(H,16,20)(H,17,21). The molecule has 2 N–H and O–H groups in total. The average Bonchev–Trinajstić information content (AvgIpc) is 2.54. The van der Waals surface area contributed by atoms with Gasteiger partial charge in [-0.15, -0.1) is 0 Å². The number of aromatic nitrogens is 2. The van der Waals surface area contributed by atoms with E-state index >= 15 is 0 Å². The Bertz CT molecular complexity index is 979. The van der Waals surface area contributed by atoms with Crippen molar-refractivity contribution in [1.82, 2.24) is 19.2 Å². The van der Waals surface area contributed by atoms with Crippen molar-refractivity contribution in [2.24, 2.45) is 0 Å². The van der Waals surface area contributed by atoms with Crippen LogP contribution in [0.4, 0.5) is 0 Å². The minimum Gasteiger partial charge on any atom is -0.316 e. The highest BCUT2D eigenvalue weighted by molar-refractivity contribution is 7.89. The van der Waals surface area contributed by atoms with Crippen LogP contribution in [0, 0.1) is 0 Å². The van der Waals surface area contributed by atoms with Crippen LogP contribution < -0.4 is 11.1 Å². The van der Waals surface area contributed by atoms with Gasteiger partial charge in [0.2, 0.25) is 10.0 Å². The maximum absolute atomic E-state index is 12.9. The van der Waals surface area contributed by atoms with E-state index in [-0.39, 0.29) is 16.5 Å². The lowest BCUT2D eigenvalue weighted by atomic mass is 10.1. The molecule has 1 unspecified atom stereocenters. The maximum Gasteiger partial charge on any atom is 0.314 e. The minimum absolute atomic E-state index is 0.0842. The first kappa shape index (κ1) is 16.9. The van der Waals surface area contributed by atoms with Gasteiger partial charge < -0.3 is 14.9 Å². The Balaban J connectivity index is 1.99. The van der Waals surface area contributed by atoms with Gasteiger partial charge in [0.25, 0.3) is 0 Å². The molecule has 0 radical (unpaired) electrons. The molecule has 0 bridgehead atoms. The fourth-order valence-corrected chi connectivity index (χ4v) is 4.46. The normalized spacial score (nSPS) is 19.9. The van der Waals surface area contributed by atoms with E-state index in [1.807, 2.05) is 7.05 Å². The van der Waals surface area contributed by atoms with Gasteiger partial charge in [0.15, 0.2) is 0 Å². The number of piperidine rings is 1. The minimum atomic E-state index is -3.68. The summed E-state index contributed by atoms with van der Waals surface area (Å²) in [6.45, 7) is 1.66. The molecule has 1 fully saturated rings. The van der Waals surface area contributed by atoms with Crippen LogP contribution in [0.3, 0.4) is 0 Å². The van der Waals surface area contributed by atoms with E-state index in [2.05, 4.69) is 14.9 Å². The van der Waals surface area contributed by atoms with E-state index in [0.717, 1.165) is 19.4 Å². The lowest BCUT2D eigenvalue weighted by molar-refractivity contribution is 0.187. The zero-order valence-electron chi connectivity index (χ0n) is 13.6. The number of hydrogen-bond acceptors (Lipinski definition) is 5. The van der Waals surface area contributed by atoms with E-state index in [9.17, 15) is 18.0 Å². The number of fused-ring (bicyclic) bond motifs is 1. The molecule has 1 atom stereocenters. The van der Waals surface area contributed by atoms with Crippen LogP contribution in [0.15, 0.2) is 32.7 Å². The number of likely N-dealkylation sites (tertiary alicyclic amines) is 1. The smallest absolute Gasteiger partial charge is 0.314 e. The molecule has 1 aromatic carbocycles. The Morgan fingerprint density at radius 2 is 1.83 bits per heavy atom. The summed E-state index contributed by atoms with van der Waals surface area (Å²) in [4.78, 5) is 29.8. The summed E-state index contributed by atoms with van der Waals surface area (Å²) in [6, 6.07) is 4.22. The number of nitrogens with zero attached hydrogens (tertiary/aromatic N) is 2. The van der Waals surface area contributed by atoms with Gasteiger partial charge in [-0.3, -0.25) is 9.59 Å². The average molecular weight is 352 g/mol. The second kappa shape index (κ2) is 6.15. The molecule has 1 aromatic heterocycles. The highest BCUT2D eigenvalue weighted by Gasteiger charge is 2.30. The van der Waals surface area contributed by atoms with Gasteiger partial charge >= 0.3 is 11.1 Å². The lowest BCUT2D eigenvalue weighted by Gasteiger charge is -2.35. The number of hydrogen-bond donors (Lipinski definition) is 2. The predicted molar refractivity (Wildman–Crippen MR) is 90.7 cm³/mol. The molecule has 0 amide bonds. The van der Waals surface area contributed by atoms with Crippen molar-refractivity contribution in [3.8, 4) is 0 Å². The topological polar surface area (TPSA) is 106 Å². The maximum atomic E-state index is 12.9. The molecule has 24 heavy (non-hydrogen) atoms. The van der Waals surface area contributed by atoms with E-state index in [1.54, 1.807) is 7.05 Å². The molecule has 8 nitrogen and oxygen atoms in total. The molecule has 3 rings (SSSR count). The zero-order valence-corrected chi connectivity index (χ0v) is 14.4. The monoisotopic (exact) mass is 352 g/mol. The molecule has 0 spiro atoms. The number of H-pyrrole nitrogens is 2. The molecular weight excluding hydrogens is 332 g/mol. The van der Waals surface area contributed by atoms with Crippen molar-refractivity contribution in [2.75, 3.05) is 27.2 Å². The Morgan fingerprint density at radius 1 is 1.17 bits per heavy atom. The summed E-state index contributed by atoms with van der Waals surface area (Å²) >= 11 is 0. The fourth-order valence-electron chi connectivity index (χ4n) is 3.05. The van der Waals surface area contributed by atoms with Gasteiger partial charge in [-0.2, -0.15) is 4.31 Å². The Morgan fingerprint density at radius 3 is 2.50 bits per heavy atom. The van der Waals surface area contributed by atoms with E-state index in [1.165, 1.54) is 22.5 Å². The molecule has 130 valence electrons. The van der Waals surface area contributed by atoms with Crippen LogP contribution in [0.2, 0.25) is 0 Å². The second-order valence-corrected chi connectivity index (χ2v) is 8.19. The summed E-state index contributed by atoms with van der Waals surface area (Å²) < 4.78 is 27.2. The summed E-state index contributed by atoms with van der Waals surface area (Å²) in [6.07, 6.45) is 1.77. The molecule has 0 aliphatic carbocycles. The highest BCUT2D eigenvalue weighted by Crippen LogP contribution is 2.23. The van der Waals surface area contributed by atoms with Crippen LogP contribution in [-0.2, 0) is 10.0 Å². The van der Waals surface area contributed by atoms with Gasteiger partial charge in [0.1, 0.15) is 0 Å². The first-order chi connectivity index (χ1) is 11.3. The molecule has 2 heterocycles. The molecule has 2 aromatic rings. The Kier molecular flexibility index (Phi) is 4.33. The van der Waals surface area contributed by atoms with Crippen molar-refractivity contribution < 1.29 is 8.42 Å². The Hall–Kier alpha value is -1.97. The summed E-state index contributed by atoms with van der Waals surface area (Å²) in [5.41, 5.74) is -0.895. The summed E-state index contributed by atoms with van der Waals surface area (Å²) in [7, 11) is -0.126. The van der Waals surface area contributed by atoms with E-state index < -0.39 is 21.1 Å². The first-order valence-corrected chi connectivity index (χ1v) is 9.16. The van der Waals surface area contributed by atoms with Crippen LogP contribution in [-0.4, -0.2) is 60.8 Å². The largest absolute Gasteiger partial charge is 0.316 e. The third kappa shape index (κ3) is 3.02. The Labute approximate surface area is 139 Å². The van der Waals surface area contributed by atoms with E-state index in [0.29, 0.717) is 12.1 Å². The zero-order chi connectivity index (χ0) is 17.5. The SMILES string of the molecule is CN1CCCC(N(C)S(=O)(=O)c2ccc3[nH]c(=O)c(=O)[nH]c3c2)C1. The van der Waals surface area contributed by atoms with Crippen LogP contribution in [0.1, 0.15) is 12.8 Å². The first-order valence-electron chi connectivity index (χ1n) is 7.72. The van der Waals surface area contributed by atoms with Crippen molar-refractivity contribution in [3.05, 3.63) is 38.9 Å². The van der Waals surface area contributed by atoms with Gasteiger partial charge in [0, 0.05) is 19.6 Å². The predicted octanol–water partition coefficient (Wildman–Crippen LogP) is -0.0689. The van der Waals surface area contributed by atoms with Gasteiger partial charge in [-0.25, -0.2) is 8.42 Å². The second-order valence-electron chi connectivity index (χ2n) is 6.20. The number of likely N-dealkylation sites (N-methyl/N-ethyl adjacent to an activating group) is 2. The third-order valence-corrected chi connectivity index (χ3v) is 6.39. The molecule has 0 saturated carbocycles. The van der Waals surface area contributed by atoms with Gasteiger partial charge in [0.05, 0.1) is 15.9 Å². The summed E-state index contributed by atoms with van der Waals surface area (Å²) in [5.74, 6) is 0. The molecule has 1 aliphatic heterocycles. The third-order valence-electron chi connectivity index (χ3n) is 4.48. The fraction of sp³-hybridized carbons (Fsp3) is 0.467. The van der Waals surface area contributed by atoms with Crippen molar-refractivity contribution in [3.63, 3.8) is 0 Å². The number of sulfonamides is 1. The van der Waals surface area contributed by atoms with Crippen LogP contribution in [0.25, 0.3) is 11.0 Å². The quantitative estimate of drug-likeness (QED) is 0.752. The highest BCUT2D eigenvalue weighted by atomic mass is 32.2.